The van der Waals surface area contributed by atoms with Crippen molar-refractivity contribution < 1.29 is 9.18 Å². The molecule has 5 nitrogen and oxygen atoms in total. The molecule has 6 heteroatoms. The van der Waals surface area contributed by atoms with Crippen LogP contribution in [0.4, 0.5) is 4.39 Å². The third-order valence-electron chi connectivity index (χ3n) is 8.21. The third-order valence-corrected chi connectivity index (χ3v) is 8.21. The van der Waals surface area contributed by atoms with Crippen molar-refractivity contribution in [2.24, 2.45) is 16.7 Å². The van der Waals surface area contributed by atoms with Crippen molar-refractivity contribution in [1.82, 2.24) is 14.7 Å². The lowest BCUT2D eigenvalue weighted by Gasteiger charge is -2.70. The summed E-state index contributed by atoms with van der Waals surface area (Å²) in [6.07, 6.45) is 13.4. The van der Waals surface area contributed by atoms with Gasteiger partial charge >= 0.3 is 0 Å². The van der Waals surface area contributed by atoms with Crippen LogP contribution in [0.1, 0.15) is 81.9 Å². The molecule has 2 aromatic rings. The van der Waals surface area contributed by atoms with E-state index < -0.39 is 0 Å². The number of nitriles is 1. The smallest absolute Gasteiger partial charge is 0.229 e. The summed E-state index contributed by atoms with van der Waals surface area (Å²) in [6.45, 7) is 3.85. The second-order valence-corrected chi connectivity index (χ2v) is 10.9. The summed E-state index contributed by atoms with van der Waals surface area (Å²) in [5.74, 6) is 0.552. The zero-order valence-corrected chi connectivity index (χ0v) is 19.5. The second kappa shape index (κ2) is 8.59. The van der Waals surface area contributed by atoms with Crippen LogP contribution in [0.25, 0.3) is 0 Å². The van der Waals surface area contributed by atoms with Crippen LogP contribution in [-0.4, -0.2) is 27.1 Å². The number of hydrogen-bond donors (Lipinski definition) is 0. The summed E-state index contributed by atoms with van der Waals surface area (Å²) in [5, 5.41) is 13.1. The molecule has 1 aromatic carbocycles. The molecular formula is C27H33FN4O. The van der Waals surface area contributed by atoms with E-state index in [1.54, 1.807) is 24.5 Å². The molecule has 2 atom stereocenters. The van der Waals surface area contributed by atoms with E-state index in [9.17, 15) is 9.18 Å². The van der Waals surface area contributed by atoms with Crippen LogP contribution in [0.5, 0.6) is 0 Å². The molecule has 0 N–H and O–H groups in total. The molecule has 1 saturated heterocycles. The standard InChI is InChI=1S/C27H33FN4O/c1-20-11-24(22-7-6-8-23(28)12-22)32(15-20)25(33)27-17-26(18-27,19-27)9-4-2-3-5-10-31-16-21(13-29)14-30-31/h6-8,12,14,16,20,24H,2-5,9-11,15,17-19H2,1H3. The first-order valence-corrected chi connectivity index (χ1v) is 12.4. The zero-order valence-electron chi connectivity index (χ0n) is 19.5. The van der Waals surface area contributed by atoms with E-state index in [1.165, 1.54) is 31.7 Å². The molecule has 0 radical (unpaired) electrons. The molecule has 1 aliphatic heterocycles. The number of halogens is 1. The van der Waals surface area contributed by atoms with Gasteiger partial charge in [0.1, 0.15) is 11.9 Å². The Balaban J connectivity index is 1.06. The quantitative estimate of drug-likeness (QED) is 0.468. The lowest BCUT2D eigenvalue weighted by Crippen LogP contribution is -2.67. The van der Waals surface area contributed by atoms with Gasteiger partial charge in [0.2, 0.25) is 5.91 Å². The number of aryl methyl sites for hydroxylation is 1. The van der Waals surface area contributed by atoms with Crippen molar-refractivity contribution in [2.45, 2.75) is 77.3 Å². The van der Waals surface area contributed by atoms with Crippen LogP contribution < -0.4 is 0 Å². The van der Waals surface area contributed by atoms with E-state index in [0.717, 1.165) is 50.8 Å². The molecule has 2 unspecified atom stereocenters. The predicted molar refractivity (Wildman–Crippen MR) is 123 cm³/mol. The minimum Gasteiger partial charge on any atom is -0.335 e. The number of aromatic nitrogens is 2. The van der Waals surface area contributed by atoms with E-state index in [1.807, 2.05) is 10.7 Å². The Bertz CT molecular complexity index is 1050. The number of hydrogen-bond acceptors (Lipinski definition) is 3. The summed E-state index contributed by atoms with van der Waals surface area (Å²) in [4.78, 5) is 15.6. The number of likely N-dealkylation sites (tertiary alicyclic amines) is 1. The Morgan fingerprint density at radius 2 is 2.03 bits per heavy atom. The number of unbranched alkanes of at least 4 members (excludes halogenated alkanes) is 3. The molecule has 0 spiro atoms. The van der Waals surface area contributed by atoms with Crippen LogP contribution >= 0.6 is 0 Å². The molecule has 2 heterocycles. The molecule has 2 bridgehead atoms. The molecule has 6 rings (SSSR count). The Morgan fingerprint density at radius 3 is 2.76 bits per heavy atom. The van der Waals surface area contributed by atoms with E-state index >= 15 is 0 Å². The van der Waals surface area contributed by atoms with Gasteiger partial charge < -0.3 is 4.90 Å². The topological polar surface area (TPSA) is 61.9 Å². The van der Waals surface area contributed by atoms with E-state index in [2.05, 4.69) is 23.0 Å². The Hall–Kier alpha value is -2.68. The highest BCUT2D eigenvalue weighted by Crippen LogP contribution is 2.76. The molecule has 174 valence electrons. The van der Waals surface area contributed by atoms with Crippen LogP contribution in [0.3, 0.4) is 0 Å². The van der Waals surface area contributed by atoms with Crippen LogP contribution in [0, 0.1) is 33.9 Å². The van der Waals surface area contributed by atoms with Crippen molar-refractivity contribution >= 4 is 5.91 Å². The monoisotopic (exact) mass is 448 g/mol. The van der Waals surface area contributed by atoms with Crippen molar-refractivity contribution in [3.8, 4) is 6.07 Å². The van der Waals surface area contributed by atoms with E-state index in [0.29, 0.717) is 22.8 Å². The Morgan fingerprint density at radius 1 is 1.24 bits per heavy atom. The summed E-state index contributed by atoms with van der Waals surface area (Å²) >= 11 is 0. The van der Waals surface area contributed by atoms with Gasteiger partial charge in [-0.3, -0.25) is 9.48 Å². The third kappa shape index (κ3) is 4.18. The maximum Gasteiger partial charge on any atom is 0.229 e. The Labute approximate surface area is 195 Å². The predicted octanol–water partition coefficient (Wildman–Crippen LogP) is 5.62. The number of rotatable bonds is 9. The van der Waals surface area contributed by atoms with Crippen molar-refractivity contribution in [1.29, 1.82) is 5.26 Å². The van der Waals surface area contributed by atoms with Crippen LogP contribution in [0.15, 0.2) is 36.7 Å². The fourth-order valence-corrected chi connectivity index (χ4v) is 6.77. The molecule has 4 fully saturated rings. The normalized spacial score (nSPS) is 29.9. The lowest BCUT2D eigenvalue weighted by atomic mass is 9.33. The molecule has 1 aromatic heterocycles. The minimum absolute atomic E-state index is 0.0206. The first kappa shape index (κ1) is 22.1. The molecule has 3 aliphatic carbocycles. The van der Waals surface area contributed by atoms with Gasteiger partial charge in [-0.05, 0) is 67.6 Å². The number of carbonyl (C=O) groups excluding carboxylic acids is 1. The van der Waals surface area contributed by atoms with Crippen LogP contribution in [-0.2, 0) is 11.3 Å². The average molecular weight is 449 g/mol. The zero-order chi connectivity index (χ0) is 23.1. The van der Waals surface area contributed by atoms with Gasteiger partial charge in [0.15, 0.2) is 0 Å². The van der Waals surface area contributed by atoms with Gasteiger partial charge in [-0.25, -0.2) is 4.39 Å². The molecule has 1 amide bonds. The Kier molecular flexibility index (Phi) is 5.76. The fourth-order valence-electron chi connectivity index (χ4n) is 6.77. The molecule has 3 saturated carbocycles. The first-order chi connectivity index (χ1) is 15.9. The van der Waals surface area contributed by atoms with Crippen LogP contribution in [0.2, 0.25) is 0 Å². The van der Waals surface area contributed by atoms with Gasteiger partial charge in [0, 0.05) is 19.3 Å². The van der Waals surface area contributed by atoms with Crippen molar-refractivity contribution in [3.63, 3.8) is 0 Å². The highest BCUT2D eigenvalue weighted by molar-refractivity contribution is 5.87. The summed E-state index contributed by atoms with van der Waals surface area (Å²) in [7, 11) is 0. The highest BCUT2D eigenvalue weighted by atomic mass is 19.1. The number of nitrogens with zero attached hydrogens (tertiary/aromatic N) is 4. The maximum atomic E-state index is 13.8. The van der Waals surface area contributed by atoms with Gasteiger partial charge in [0.25, 0.3) is 0 Å². The van der Waals surface area contributed by atoms with Gasteiger partial charge in [0.05, 0.1) is 23.2 Å². The highest BCUT2D eigenvalue weighted by Gasteiger charge is 2.71. The molecule has 4 aliphatic rings. The molecular weight excluding hydrogens is 415 g/mol. The summed E-state index contributed by atoms with van der Waals surface area (Å²) in [5.41, 5.74) is 1.83. The summed E-state index contributed by atoms with van der Waals surface area (Å²) < 4.78 is 15.6. The number of amides is 1. The van der Waals surface area contributed by atoms with Gasteiger partial charge in [-0.15, -0.1) is 0 Å². The summed E-state index contributed by atoms with van der Waals surface area (Å²) in [6, 6.07) is 8.92. The molecule has 33 heavy (non-hydrogen) atoms. The number of carbonyl (C=O) groups is 1. The average Bonchev–Trinajstić information content (AvgIpc) is 3.37. The number of benzene rings is 1. The van der Waals surface area contributed by atoms with E-state index in [4.69, 9.17) is 5.26 Å². The largest absolute Gasteiger partial charge is 0.335 e. The maximum absolute atomic E-state index is 13.8. The first-order valence-electron chi connectivity index (χ1n) is 12.4. The van der Waals surface area contributed by atoms with Gasteiger partial charge in [-0.2, -0.15) is 10.4 Å². The lowest BCUT2D eigenvalue weighted by molar-refractivity contribution is -0.220. The van der Waals surface area contributed by atoms with Gasteiger partial charge in [-0.1, -0.05) is 38.3 Å². The van der Waals surface area contributed by atoms with Crippen molar-refractivity contribution in [3.05, 3.63) is 53.6 Å². The van der Waals surface area contributed by atoms with Crippen molar-refractivity contribution in [2.75, 3.05) is 6.54 Å². The minimum atomic E-state index is -0.222. The fraction of sp³-hybridized carbons (Fsp3) is 0.593. The second-order valence-electron chi connectivity index (χ2n) is 10.9. The SMILES string of the molecule is CC1CC(c2cccc(F)c2)N(C(=O)C23CC(CCCCCCn4cc(C#N)cn4)(C2)C3)C1. The van der Waals surface area contributed by atoms with E-state index in [-0.39, 0.29) is 17.3 Å².